The van der Waals surface area contributed by atoms with E-state index in [0.717, 1.165) is 40.9 Å². The molecule has 1 aliphatic heterocycles. The molecule has 0 radical (unpaired) electrons. The van der Waals surface area contributed by atoms with Gasteiger partial charge in [0, 0.05) is 35.8 Å². The van der Waals surface area contributed by atoms with Crippen molar-refractivity contribution in [1.82, 2.24) is 9.88 Å². The van der Waals surface area contributed by atoms with Crippen LogP contribution in [0.2, 0.25) is 0 Å². The number of hydrogen-bond donors (Lipinski definition) is 1. The maximum Gasteiger partial charge on any atom is 0.267 e. The molecule has 3 rings (SSSR count). The first-order chi connectivity index (χ1) is 11.5. The number of anilines is 1. The Morgan fingerprint density at radius 3 is 2.58 bits per heavy atom. The van der Waals surface area contributed by atoms with Gasteiger partial charge in [0.25, 0.3) is 11.8 Å². The second-order valence-corrected chi connectivity index (χ2v) is 8.09. The third kappa shape index (κ3) is 3.79. The molecule has 24 heavy (non-hydrogen) atoms. The summed E-state index contributed by atoms with van der Waals surface area (Å²) >= 11 is 3.24. The summed E-state index contributed by atoms with van der Waals surface area (Å²) in [7, 11) is 0. The van der Waals surface area contributed by atoms with E-state index in [1.165, 1.54) is 11.3 Å². The minimum absolute atomic E-state index is 0.0642. The monoisotopic (exact) mass is 361 g/mol. The van der Waals surface area contributed by atoms with Gasteiger partial charge < -0.3 is 10.2 Å². The van der Waals surface area contributed by atoms with Gasteiger partial charge in [-0.2, -0.15) is 11.8 Å². The zero-order valence-electron chi connectivity index (χ0n) is 13.7. The first kappa shape index (κ1) is 17.0. The van der Waals surface area contributed by atoms with Crippen LogP contribution >= 0.6 is 23.1 Å². The lowest BCUT2D eigenvalue weighted by atomic mass is 10.1. The molecule has 126 valence electrons. The Balaban J connectivity index is 1.72. The maximum absolute atomic E-state index is 12.5. The number of aryl methyl sites for hydroxylation is 2. The number of carbonyl (C=O) groups is 2. The van der Waals surface area contributed by atoms with Crippen LogP contribution in [0.4, 0.5) is 5.69 Å². The first-order valence-electron chi connectivity index (χ1n) is 7.76. The van der Waals surface area contributed by atoms with Crippen LogP contribution < -0.4 is 5.32 Å². The minimum atomic E-state index is -0.171. The van der Waals surface area contributed by atoms with Crippen LogP contribution in [0, 0.1) is 13.8 Å². The molecule has 0 spiro atoms. The molecule has 1 saturated heterocycles. The van der Waals surface area contributed by atoms with Gasteiger partial charge in [-0.15, -0.1) is 11.3 Å². The predicted molar refractivity (Wildman–Crippen MR) is 99.2 cm³/mol. The molecule has 5 nitrogen and oxygen atoms in total. The SMILES string of the molecule is Cc1ncc(C(=O)Nc2ccc(C(=O)N3CCSCC3)cc2C)s1. The van der Waals surface area contributed by atoms with Crippen LogP contribution in [0.25, 0.3) is 0 Å². The maximum atomic E-state index is 12.5. The van der Waals surface area contributed by atoms with Crippen LogP contribution in [0.15, 0.2) is 24.4 Å². The molecule has 0 bridgehead atoms. The number of carbonyl (C=O) groups excluding carboxylic acids is 2. The van der Waals surface area contributed by atoms with Crippen molar-refractivity contribution in [2.75, 3.05) is 29.9 Å². The second kappa shape index (κ2) is 7.36. The Labute approximate surface area is 149 Å². The molecular weight excluding hydrogens is 342 g/mol. The van der Waals surface area contributed by atoms with Gasteiger partial charge in [-0.3, -0.25) is 9.59 Å². The molecule has 0 aliphatic carbocycles. The smallest absolute Gasteiger partial charge is 0.267 e. The van der Waals surface area contributed by atoms with Crippen LogP contribution in [0.5, 0.6) is 0 Å². The second-order valence-electron chi connectivity index (χ2n) is 5.63. The van der Waals surface area contributed by atoms with E-state index < -0.39 is 0 Å². The fraction of sp³-hybridized carbons (Fsp3) is 0.353. The van der Waals surface area contributed by atoms with E-state index in [1.54, 1.807) is 18.3 Å². The Kier molecular flexibility index (Phi) is 5.20. The normalized spacial score (nSPS) is 14.5. The predicted octanol–water partition coefficient (Wildman–Crippen LogP) is 3.20. The summed E-state index contributed by atoms with van der Waals surface area (Å²) in [5, 5.41) is 3.75. The molecule has 1 aliphatic rings. The van der Waals surface area contributed by atoms with Crippen molar-refractivity contribution in [3.05, 3.63) is 45.4 Å². The largest absolute Gasteiger partial charge is 0.337 e. The number of amides is 2. The molecule has 1 N–H and O–H groups in total. The van der Waals surface area contributed by atoms with Gasteiger partial charge in [0.1, 0.15) is 4.88 Å². The molecule has 1 aromatic heterocycles. The molecular formula is C17H19N3O2S2. The zero-order valence-corrected chi connectivity index (χ0v) is 15.3. The zero-order chi connectivity index (χ0) is 17.1. The van der Waals surface area contributed by atoms with Gasteiger partial charge in [-0.25, -0.2) is 4.98 Å². The standard InChI is InChI=1S/C17H19N3O2S2/c1-11-9-13(17(22)20-5-7-23-8-6-20)3-4-14(11)19-16(21)15-10-18-12(2)24-15/h3-4,9-10H,5-8H2,1-2H3,(H,19,21). The summed E-state index contributed by atoms with van der Waals surface area (Å²) in [6.07, 6.45) is 1.58. The molecule has 1 aromatic carbocycles. The number of nitrogens with zero attached hydrogens (tertiary/aromatic N) is 2. The van der Waals surface area contributed by atoms with Crippen molar-refractivity contribution < 1.29 is 9.59 Å². The van der Waals surface area contributed by atoms with E-state index in [2.05, 4.69) is 10.3 Å². The van der Waals surface area contributed by atoms with Crippen molar-refractivity contribution in [3.63, 3.8) is 0 Å². The van der Waals surface area contributed by atoms with Crippen molar-refractivity contribution in [1.29, 1.82) is 0 Å². The highest BCUT2D eigenvalue weighted by Crippen LogP contribution is 2.21. The van der Waals surface area contributed by atoms with E-state index in [1.807, 2.05) is 36.6 Å². The number of thioether (sulfide) groups is 1. The quantitative estimate of drug-likeness (QED) is 0.912. The highest BCUT2D eigenvalue weighted by Gasteiger charge is 2.19. The van der Waals surface area contributed by atoms with Crippen molar-refractivity contribution >= 4 is 40.6 Å². The summed E-state index contributed by atoms with van der Waals surface area (Å²) in [6.45, 7) is 5.36. The summed E-state index contributed by atoms with van der Waals surface area (Å²) < 4.78 is 0. The molecule has 0 unspecified atom stereocenters. The van der Waals surface area contributed by atoms with Crippen LogP contribution in [0.1, 0.15) is 30.6 Å². The lowest BCUT2D eigenvalue weighted by molar-refractivity contribution is 0.0772. The van der Waals surface area contributed by atoms with Crippen LogP contribution in [-0.4, -0.2) is 46.3 Å². The number of nitrogens with one attached hydrogen (secondary N) is 1. The van der Waals surface area contributed by atoms with Crippen molar-refractivity contribution in [2.45, 2.75) is 13.8 Å². The highest BCUT2D eigenvalue weighted by atomic mass is 32.2. The Hall–Kier alpha value is -1.86. The van der Waals surface area contributed by atoms with E-state index in [9.17, 15) is 9.59 Å². The molecule has 2 aromatic rings. The number of hydrogen-bond acceptors (Lipinski definition) is 5. The third-order valence-electron chi connectivity index (χ3n) is 3.86. The third-order valence-corrected chi connectivity index (χ3v) is 5.72. The molecule has 0 atom stereocenters. The van der Waals surface area contributed by atoms with E-state index in [-0.39, 0.29) is 11.8 Å². The lowest BCUT2D eigenvalue weighted by Crippen LogP contribution is -2.37. The van der Waals surface area contributed by atoms with Gasteiger partial charge in [-0.1, -0.05) is 0 Å². The van der Waals surface area contributed by atoms with Crippen molar-refractivity contribution in [3.8, 4) is 0 Å². The van der Waals surface area contributed by atoms with Crippen LogP contribution in [0.3, 0.4) is 0 Å². The molecule has 0 saturated carbocycles. The number of rotatable bonds is 3. The Morgan fingerprint density at radius 2 is 1.96 bits per heavy atom. The molecule has 2 heterocycles. The number of thiazole rings is 1. The Morgan fingerprint density at radius 1 is 1.21 bits per heavy atom. The molecule has 7 heteroatoms. The summed E-state index contributed by atoms with van der Waals surface area (Å²) in [6, 6.07) is 5.43. The van der Waals surface area contributed by atoms with Gasteiger partial charge in [0.05, 0.1) is 11.2 Å². The average Bonchev–Trinajstić information content (AvgIpc) is 3.03. The lowest BCUT2D eigenvalue weighted by Gasteiger charge is -2.26. The topological polar surface area (TPSA) is 62.3 Å². The molecule has 1 fully saturated rings. The van der Waals surface area contributed by atoms with Gasteiger partial charge >= 0.3 is 0 Å². The Bertz CT molecular complexity index is 767. The van der Waals surface area contributed by atoms with Gasteiger partial charge in [0.15, 0.2) is 0 Å². The first-order valence-corrected chi connectivity index (χ1v) is 9.73. The van der Waals surface area contributed by atoms with E-state index >= 15 is 0 Å². The minimum Gasteiger partial charge on any atom is -0.337 e. The summed E-state index contributed by atoms with van der Waals surface area (Å²) in [4.78, 5) is 31.3. The average molecular weight is 361 g/mol. The number of aromatic nitrogens is 1. The number of benzene rings is 1. The van der Waals surface area contributed by atoms with Crippen molar-refractivity contribution in [2.24, 2.45) is 0 Å². The fourth-order valence-electron chi connectivity index (χ4n) is 2.54. The fourth-order valence-corrected chi connectivity index (χ4v) is 4.11. The molecule has 2 amide bonds. The van der Waals surface area contributed by atoms with Gasteiger partial charge in [0.2, 0.25) is 0 Å². The summed E-state index contributed by atoms with van der Waals surface area (Å²) in [5.41, 5.74) is 2.27. The highest BCUT2D eigenvalue weighted by molar-refractivity contribution is 7.99. The van der Waals surface area contributed by atoms with E-state index in [0.29, 0.717) is 10.4 Å². The summed E-state index contributed by atoms with van der Waals surface area (Å²) in [5.74, 6) is 1.88. The van der Waals surface area contributed by atoms with E-state index in [4.69, 9.17) is 0 Å². The van der Waals surface area contributed by atoms with Crippen LogP contribution in [-0.2, 0) is 0 Å². The van der Waals surface area contributed by atoms with Gasteiger partial charge in [-0.05, 0) is 37.6 Å².